The largest absolute Gasteiger partial charge is 0.340 e. The molecule has 1 aliphatic heterocycles. The number of sulfonamides is 1. The lowest BCUT2D eigenvalue weighted by molar-refractivity contribution is -0.133. The predicted octanol–water partition coefficient (Wildman–Crippen LogP) is 0.460. The fourth-order valence-electron chi connectivity index (χ4n) is 3.14. The summed E-state index contributed by atoms with van der Waals surface area (Å²) < 4.78 is 24.4. The molecule has 1 aliphatic carbocycles. The molecule has 1 amide bonds. The second kappa shape index (κ2) is 5.48. The average Bonchev–Trinajstić information content (AvgIpc) is 2.83. The summed E-state index contributed by atoms with van der Waals surface area (Å²) in [6.07, 6.45) is 1.39. The lowest BCUT2D eigenvalue weighted by Crippen LogP contribution is -2.51. The van der Waals surface area contributed by atoms with Crippen molar-refractivity contribution in [1.82, 2.24) is 9.21 Å². The van der Waals surface area contributed by atoms with Crippen molar-refractivity contribution >= 4 is 21.7 Å². The first kappa shape index (κ1) is 15.2. The third-order valence-corrected chi connectivity index (χ3v) is 5.65. The summed E-state index contributed by atoms with van der Waals surface area (Å²) in [6.45, 7) is 1.37. The third-order valence-electron chi connectivity index (χ3n) is 4.34. The molecule has 2 aliphatic rings. The van der Waals surface area contributed by atoms with Crippen molar-refractivity contribution < 1.29 is 18.0 Å². The molecule has 0 unspecified atom stereocenters. The van der Waals surface area contributed by atoms with Gasteiger partial charge in [0, 0.05) is 38.2 Å². The molecule has 1 saturated heterocycles. The maximum Gasteiger partial charge on any atom is 0.230 e. The van der Waals surface area contributed by atoms with Gasteiger partial charge in [0.05, 0.1) is 12.2 Å². The van der Waals surface area contributed by atoms with Crippen LogP contribution in [-0.4, -0.2) is 61.7 Å². The molecule has 118 valence electrons. The Morgan fingerprint density at radius 3 is 2.41 bits per heavy atom. The lowest BCUT2D eigenvalue weighted by Gasteiger charge is -2.34. The maximum atomic E-state index is 12.7. The molecule has 1 aromatic carbocycles. The number of ketones is 1. The van der Waals surface area contributed by atoms with Gasteiger partial charge in [0.25, 0.3) is 0 Å². The summed E-state index contributed by atoms with van der Waals surface area (Å²) in [7, 11) is -3.21. The van der Waals surface area contributed by atoms with Crippen LogP contribution < -0.4 is 0 Å². The van der Waals surface area contributed by atoms with Crippen LogP contribution >= 0.6 is 0 Å². The lowest BCUT2D eigenvalue weighted by atomic mass is 9.99. The van der Waals surface area contributed by atoms with Gasteiger partial charge in [-0.2, -0.15) is 4.31 Å². The van der Waals surface area contributed by atoms with E-state index >= 15 is 0 Å². The van der Waals surface area contributed by atoms with Gasteiger partial charge >= 0.3 is 0 Å². The zero-order valence-electron chi connectivity index (χ0n) is 12.4. The number of hydrogen-bond acceptors (Lipinski definition) is 4. The SMILES string of the molecule is CS(=O)(=O)N1CCN(C(=O)[C@H]2CC(=O)c3ccccc32)CC1. The fraction of sp³-hybridized carbons (Fsp3) is 0.467. The van der Waals surface area contributed by atoms with Crippen molar-refractivity contribution in [2.45, 2.75) is 12.3 Å². The molecule has 0 saturated carbocycles. The Bertz CT molecular complexity index is 721. The molecule has 0 N–H and O–H groups in total. The highest BCUT2D eigenvalue weighted by atomic mass is 32.2. The molecule has 0 radical (unpaired) electrons. The molecule has 6 nitrogen and oxygen atoms in total. The van der Waals surface area contributed by atoms with Crippen molar-refractivity contribution in [2.24, 2.45) is 0 Å². The van der Waals surface area contributed by atoms with Gasteiger partial charge in [-0.3, -0.25) is 9.59 Å². The highest BCUT2D eigenvalue weighted by molar-refractivity contribution is 7.88. The highest BCUT2D eigenvalue weighted by Gasteiger charge is 2.37. The van der Waals surface area contributed by atoms with Crippen molar-refractivity contribution in [2.75, 3.05) is 32.4 Å². The van der Waals surface area contributed by atoms with Crippen LogP contribution in [0.15, 0.2) is 24.3 Å². The Labute approximate surface area is 129 Å². The molecule has 1 atom stereocenters. The van der Waals surface area contributed by atoms with Crippen LogP contribution in [-0.2, 0) is 14.8 Å². The van der Waals surface area contributed by atoms with Gasteiger partial charge < -0.3 is 4.90 Å². The van der Waals surface area contributed by atoms with Crippen molar-refractivity contribution in [3.05, 3.63) is 35.4 Å². The number of fused-ring (bicyclic) bond motifs is 1. The zero-order valence-corrected chi connectivity index (χ0v) is 13.2. The zero-order chi connectivity index (χ0) is 15.9. The molecule has 1 fully saturated rings. The number of benzene rings is 1. The van der Waals surface area contributed by atoms with E-state index in [-0.39, 0.29) is 18.1 Å². The monoisotopic (exact) mass is 322 g/mol. The van der Waals surface area contributed by atoms with E-state index in [2.05, 4.69) is 0 Å². The Morgan fingerprint density at radius 2 is 1.77 bits per heavy atom. The maximum absolute atomic E-state index is 12.7. The third kappa shape index (κ3) is 2.66. The second-order valence-corrected chi connectivity index (χ2v) is 7.74. The molecule has 1 heterocycles. The van der Waals surface area contributed by atoms with E-state index in [0.29, 0.717) is 31.7 Å². The van der Waals surface area contributed by atoms with Gasteiger partial charge in [-0.15, -0.1) is 0 Å². The number of carbonyl (C=O) groups excluding carboxylic acids is 2. The van der Waals surface area contributed by atoms with E-state index in [0.717, 1.165) is 5.56 Å². The Balaban J connectivity index is 1.73. The minimum Gasteiger partial charge on any atom is -0.340 e. The Hall–Kier alpha value is -1.73. The van der Waals surface area contributed by atoms with Gasteiger partial charge in [-0.05, 0) is 5.56 Å². The van der Waals surface area contributed by atoms with E-state index in [1.807, 2.05) is 12.1 Å². The standard InChI is InChI=1S/C15H18N2O4S/c1-22(20,21)17-8-6-16(7-9-17)15(19)13-10-14(18)12-5-3-2-4-11(12)13/h2-5,13H,6-10H2,1H3/t13-/m0/s1. The molecule has 1 aromatic rings. The van der Waals surface area contributed by atoms with Gasteiger partial charge in [-0.25, -0.2) is 8.42 Å². The van der Waals surface area contributed by atoms with Crippen LogP contribution in [0.1, 0.15) is 28.3 Å². The number of nitrogens with zero attached hydrogens (tertiary/aromatic N) is 2. The van der Waals surface area contributed by atoms with Gasteiger partial charge in [0.15, 0.2) is 5.78 Å². The first-order valence-electron chi connectivity index (χ1n) is 7.24. The topological polar surface area (TPSA) is 74.8 Å². The molecule has 0 bridgehead atoms. The van der Waals surface area contributed by atoms with Crippen LogP contribution in [0.25, 0.3) is 0 Å². The Kier molecular flexibility index (Phi) is 3.78. The smallest absolute Gasteiger partial charge is 0.230 e. The molecular weight excluding hydrogens is 304 g/mol. The van der Waals surface area contributed by atoms with E-state index in [1.54, 1.807) is 17.0 Å². The number of carbonyl (C=O) groups is 2. The number of Topliss-reactive ketones (excluding diaryl/α,β-unsaturated/α-hetero) is 1. The van der Waals surface area contributed by atoms with Crippen LogP contribution in [0.5, 0.6) is 0 Å². The molecule has 0 spiro atoms. The summed E-state index contributed by atoms with van der Waals surface area (Å²) in [4.78, 5) is 26.3. The first-order valence-corrected chi connectivity index (χ1v) is 9.09. The number of rotatable bonds is 2. The number of hydrogen-bond donors (Lipinski definition) is 0. The van der Waals surface area contributed by atoms with Crippen LogP contribution in [0.3, 0.4) is 0 Å². The normalized spacial score (nSPS) is 22.7. The van der Waals surface area contributed by atoms with Gasteiger partial charge in [0.2, 0.25) is 15.9 Å². The summed E-state index contributed by atoms with van der Waals surface area (Å²) in [6, 6.07) is 7.22. The van der Waals surface area contributed by atoms with Crippen LogP contribution in [0, 0.1) is 0 Å². The van der Waals surface area contributed by atoms with Crippen LogP contribution in [0.2, 0.25) is 0 Å². The van der Waals surface area contributed by atoms with Crippen LogP contribution in [0.4, 0.5) is 0 Å². The van der Waals surface area contributed by atoms with E-state index in [1.165, 1.54) is 10.6 Å². The quantitative estimate of drug-likeness (QED) is 0.793. The first-order chi connectivity index (χ1) is 10.4. The van der Waals surface area contributed by atoms with Crippen molar-refractivity contribution in [3.8, 4) is 0 Å². The van der Waals surface area contributed by atoms with Gasteiger partial charge in [0.1, 0.15) is 0 Å². The van der Waals surface area contributed by atoms with Gasteiger partial charge in [-0.1, -0.05) is 24.3 Å². The number of amides is 1. The van der Waals surface area contributed by atoms with Crippen molar-refractivity contribution in [3.63, 3.8) is 0 Å². The highest BCUT2D eigenvalue weighted by Crippen LogP contribution is 2.34. The minimum absolute atomic E-state index is 0.00345. The summed E-state index contributed by atoms with van der Waals surface area (Å²) in [5.41, 5.74) is 1.43. The van der Waals surface area contributed by atoms with E-state index < -0.39 is 15.9 Å². The summed E-state index contributed by atoms with van der Waals surface area (Å²) in [5.74, 6) is -0.497. The minimum atomic E-state index is -3.21. The molecule has 22 heavy (non-hydrogen) atoms. The molecule has 0 aromatic heterocycles. The van der Waals surface area contributed by atoms with E-state index in [9.17, 15) is 18.0 Å². The fourth-order valence-corrected chi connectivity index (χ4v) is 3.97. The molecule has 3 rings (SSSR count). The summed E-state index contributed by atoms with van der Waals surface area (Å²) >= 11 is 0. The predicted molar refractivity (Wildman–Crippen MR) is 81.1 cm³/mol. The van der Waals surface area contributed by atoms with Crippen molar-refractivity contribution in [1.29, 1.82) is 0 Å². The Morgan fingerprint density at radius 1 is 1.14 bits per heavy atom. The summed E-state index contributed by atoms with van der Waals surface area (Å²) in [5, 5.41) is 0. The second-order valence-electron chi connectivity index (χ2n) is 5.75. The number of piperazine rings is 1. The average molecular weight is 322 g/mol. The molecule has 7 heteroatoms. The molecular formula is C15H18N2O4S. The van der Waals surface area contributed by atoms with E-state index in [4.69, 9.17) is 0 Å².